The van der Waals surface area contributed by atoms with Crippen molar-refractivity contribution in [2.45, 2.75) is 0 Å². The molecule has 0 atom stereocenters. The molecule has 0 radical (unpaired) electrons. The lowest BCUT2D eigenvalue weighted by molar-refractivity contribution is 0.411. The first-order valence-electron chi connectivity index (χ1n) is 5.74. The maximum atomic E-state index is 6.08. The Labute approximate surface area is 134 Å². The first-order valence-corrected chi connectivity index (χ1v) is 7.33. The van der Waals surface area contributed by atoms with E-state index in [9.17, 15) is 0 Å². The summed E-state index contributed by atoms with van der Waals surface area (Å²) in [6.07, 6.45) is 0. The highest BCUT2D eigenvalue weighted by molar-refractivity contribution is 9.10. The van der Waals surface area contributed by atoms with Crippen LogP contribution in [0, 0.1) is 0 Å². The molecule has 0 heterocycles. The average molecular weight is 402 g/mol. The van der Waals surface area contributed by atoms with Gasteiger partial charge in [-0.25, -0.2) is 0 Å². The fourth-order valence-electron chi connectivity index (χ4n) is 1.92. The van der Waals surface area contributed by atoms with Gasteiger partial charge < -0.3 is 20.9 Å². The summed E-state index contributed by atoms with van der Waals surface area (Å²) in [4.78, 5) is 0. The van der Waals surface area contributed by atoms with Gasteiger partial charge in [-0.1, -0.05) is 0 Å². The Kier molecular flexibility index (Phi) is 4.45. The van der Waals surface area contributed by atoms with Gasteiger partial charge in [-0.05, 0) is 56.1 Å². The van der Waals surface area contributed by atoms with Gasteiger partial charge in [-0.3, -0.25) is 0 Å². The summed E-state index contributed by atoms with van der Waals surface area (Å²) in [5.41, 5.74) is 15.0. The van der Waals surface area contributed by atoms with Crippen molar-refractivity contribution in [2.75, 3.05) is 25.7 Å². The summed E-state index contributed by atoms with van der Waals surface area (Å²) in [5, 5.41) is 0. The molecule has 2 rings (SSSR count). The molecule has 106 valence electrons. The van der Waals surface area contributed by atoms with Crippen molar-refractivity contribution in [3.63, 3.8) is 0 Å². The van der Waals surface area contributed by atoms with E-state index in [1.54, 1.807) is 26.4 Å². The Morgan fingerprint density at radius 2 is 1.10 bits per heavy atom. The lowest BCUT2D eigenvalue weighted by Gasteiger charge is -2.14. The zero-order chi connectivity index (χ0) is 14.9. The molecular formula is C14H14Br2N2O2. The van der Waals surface area contributed by atoms with Crippen LogP contribution in [0.5, 0.6) is 11.5 Å². The first kappa shape index (κ1) is 15.0. The normalized spacial score (nSPS) is 10.4. The molecule has 0 aliphatic rings. The number of nitrogen functional groups attached to an aromatic ring is 2. The SMILES string of the molecule is COc1cc(-c2cc(OC)c(Br)cc2N)c(N)cc1Br. The van der Waals surface area contributed by atoms with Crippen molar-refractivity contribution < 1.29 is 9.47 Å². The van der Waals surface area contributed by atoms with E-state index < -0.39 is 0 Å². The van der Waals surface area contributed by atoms with Crippen molar-refractivity contribution in [2.24, 2.45) is 0 Å². The second kappa shape index (κ2) is 5.93. The van der Waals surface area contributed by atoms with E-state index in [1.807, 2.05) is 12.1 Å². The van der Waals surface area contributed by atoms with Crippen molar-refractivity contribution >= 4 is 43.2 Å². The number of hydrogen-bond acceptors (Lipinski definition) is 4. The molecule has 20 heavy (non-hydrogen) atoms. The Balaban J connectivity index is 2.67. The quantitative estimate of drug-likeness (QED) is 0.760. The van der Waals surface area contributed by atoms with Gasteiger partial charge in [-0.15, -0.1) is 0 Å². The number of anilines is 2. The van der Waals surface area contributed by atoms with Gasteiger partial charge in [0.15, 0.2) is 0 Å². The number of hydrogen-bond donors (Lipinski definition) is 2. The lowest BCUT2D eigenvalue weighted by Crippen LogP contribution is -1.98. The smallest absolute Gasteiger partial charge is 0.133 e. The van der Waals surface area contributed by atoms with E-state index in [2.05, 4.69) is 31.9 Å². The van der Waals surface area contributed by atoms with Gasteiger partial charge in [0.05, 0.1) is 23.2 Å². The Hall–Kier alpha value is -1.40. The molecule has 0 aromatic heterocycles. The highest BCUT2D eigenvalue weighted by Crippen LogP contribution is 2.41. The fourth-order valence-corrected chi connectivity index (χ4v) is 2.96. The number of benzene rings is 2. The maximum Gasteiger partial charge on any atom is 0.133 e. The lowest BCUT2D eigenvalue weighted by atomic mass is 10.0. The van der Waals surface area contributed by atoms with E-state index in [1.165, 1.54) is 0 Å². The number of methoxy groups -OCH3 is 2. The van der Waals surface area contributed by atoms with Crippen LogP contribution in [-0.2, 0) is 0 Å². The Bertz CT molecular complexity index is 603. The first-order chi connectivity index (χ1) is 9.47. The van der Waals surface area contributed by atoms with E-state index in [-0.39, 0.29) is 0 Å². The molecule has 2 aromatic rings. The summed E-state index contributed by atoms with van der Waals surface area (Å²) < 4.78 is 12.2. The highest BCUT2D eigenvalue weighted by atomic mass is 79.9. The van der Waals surface area contributed by atoms with Gasteiger partial charge in [0.25, 0.3) is 0 Å². The van der Waals surface area contributed by atoms with Crippen LogP contribution in [0.25, 0.3) is 11.1 Å². The second-order valence-corrected chi connectivity index (χ2v) is 5.86. The molecule has 0 aliphatic heterocycles. The minimum Gasteiger partial charge on any atom is -0.496 e. The van der Waals surface area contributed by atoms with Crippen LogP contribution in [0.15, 0.2) is 33.2 Å². The summed E-state index contributed by atoms with van der Waals surface area (Å²) in [7, 11) is 3.21. The third kappa shape index (κ3) is 2.71. The van der Waals surface area contributed by atoms with Crippen molar-refractivity contribution in [3.05, 3.63) is 33.2 Å². The monoisotopic (exact) mass is 400 g/mol. The van der Waals surface area contributed by atoms with Gasteiger partial charge in [0.2, 0.25) is 0 Å². The number of nitrogens with two attached hydrogens (primary N) is 2. The predicted octanol–water partition coefficient (Wildman–Crippen LogP) is 4.06. The molecule has 0 fully saturated rings. The largest absolute Gasteiger partial charge is 0.496 e. The minimum absolute atomic E-state index is 0.605. The number of rotatable bonds is 3. The van der Waals surface area contributed by atoms with E-state index in [0.717, 1.165) is 20.1 Å². The minimum atomic E-state index is 0.605. The van der Waals surface area contributed by atoms with Crippen molar-refractivity contribution in [1.82, 2.24) is 0 Å². The van der Waals surface area contributed by atoms with Gasteiger partial charge in [0, 0.05) is 22.5 Å². The van der Waals surface area contributed by atoms with Crippen LogP contribution in [-0.4, -0.2) is 14.2 Å². The molecule has 0 saturated carbocycles. The molecule has 0 bridgehead atoms. The molecule has 4 N–H and O–H groups in total. The molecule has 4 nitrogen and oxygen atoms in total. The van der Waals surface area contributed by atoms with E-state index in [0.29, 0.717) is 22.9 Å². The predicted molar refractivity (Wildman–Crippen MR) is 89.2 cm³/mol. The van der Waals surface area contributed by atoms with Crippen molar-refractivity contribution in [3.8, 4) is 22.6 Å². The van der Waals surface area contributed by atoms with Gasteiger partial charge in [0.1, 0.15) is 11.5 Å². The Morgan fingerprint density at radius 1 is 0.750 bits per heavy atom. The van der Waals surface area contributed by atoms with Crippen LogP contribution in [0.2, 0.25) is 0 Å². The van der Waals surface area contributed by atoms with Crippen LogP contribution in [0.1, 0.15) is 0 Å². The topological polar surface area (TPSA) is 70.5 Å². The Morgan fingerprint density at radius 3 is 1.40 bits per heavy atom. The van der Waals surface area contributed by atoms with Crippen LogP contribution < -0.4 is 20.9 Å². The van der Waals surface area contributed by atoms with Crippen LogP contribution >= 0.6 is 31.9 Å². The maximum absolute atomic E-state index is 6.08. The average Bonchev–Trinajstić information content (AvgIpc) is 2.40. The van der Waals surface area contributed by atoms with E-state index >= 15 is 0 Å². The van der Waals surface area contributed by atoms with E-state index in [4.69, 9.17) is 20.9 Å². The summed E-state index contributed by atoms with van der Waals surface area (Å²) in [5.74, 6) is 1.38. The fraction of sp³-hybridized carbons (Fsp3) is 0.143. The van der Waals surface area contributed by atoms with Gasteiger partial charge in [-0.2, -0.15) is 0 Å². The molecule has 0 saturated heterocycles. The summed E-state index contributed by atoms with van der Waals surface area (Å²) in [6.45, 7) is 0. The van der Waals surface area contributed by atoms with Crippen molar-refractivity contribution in [1.29, 1.82) is 0 Å². The zero-order valence-electron chi connectivity index (χ0n) is 11.0. The number of halogens is 2. The standard InChI is InChI=1S/C14H14Br2N2O2/c1-19-13-3-7(11(17)5-9(13)15)8-4-14(20-2)10(16)6-12(8)18/h3-6H,17-18H2,1-2H3. The molecule has 0 unspecified atom stereocenters. The highest BCUT2D eigenvalue weighted by Gasteiger charge is 2.14. The molecule has 6 heteroatoms. The molecule has 0 amide bonds. The third-order valence-electron chi connectivity index (χ3n) is 2.94. The number of ether oxygens (including phenoxy) is 2. The molecule has 2 aromatic carbocycles. The van der Waals surface area contributed by atoms with Crippen LogP contribution in [0.3, 0.4) is 0 Å². The molecular weight excluding hydrogens is 388 g/mol. The summed E-state index contributed by atoms with van der Waals surface area (Å²) >= 11 is 6.81. The molecule has 0 spiro atoms. The zero-order valence-corrected chi connectivity index (χ0v) is 14.2. The summed E-state index contributed by atoms with van der Waals surface area (Å²) in [6, 6.07) is 7.28. The second-order valence-electron chi connectivity index (χ2n) is 4.15. The van der Waals surface area contributed by atoms with Gasteiger partial charge >= 0.3 is 0 Å². The van der Waals surface area contributed by atoms with Crippen LogP contribution in [0.4, 0.5) is 11.4 Å². The third-order valence-corrected chi connectivity index (χ3v) is 4.18. The molecule has 0 aliphatic carbocycles.